The van der Waals surface area contributed by atoms with Crippen LogP contribution in [0.3, 0.4) is 0 Å². The molecule has 2 nitrogen and oxygen atoms in total. The monoisotopic (exact) mass is 241 g/mol. The van der Waals surface area contributed by atoms with Crippen LogP contribution in [0.25, 0.3) is 0 Å². The summed E-state index contributed by atoms with van der Waals surface area (Å²) >= 11 is 1.78. The third kappa shape index (κ3) is 5.10. The lowest BCUT2D eigenvalue weighted by molar-refractivity contribution is 0.0755. The van der Waals surface area contributed by atoms with Crippen molar-refractivity contribution in [2.75, 3.05) is 6.54 Å². The molecule has 0 aromatic carbocycles. The van der Waals surface area contributed by atoms with Crippen LogP contribution in [-0.4, -0.2) is 17.3 Å². The van der Waals surface area contributed by atoms with Gasteiger partial charge in [0, 0.05) is 17.5 Å². The average molecular weight is 241 g/mol. The van der Waals surface area contributed by atoms with E-state index in [2.05, 4.69) is 36.7 Å². The molecule has 92 valence electrons. The van der Waals surface area contributed by atoms with E-state index < -0.39 is 5.60 Å². The van der Waals surface area contributed by atoms with Gasteiger partial charge in [0.2, 0.25) is 0 Å². The first-order valence-corrected chi connectivity index (χ1v) is 6.75. The Bertz CT molecular complexity index is 287. The Kier molecular flexibility index (Phi) is 4.96. The highest BCUT2D eigenvalue weighted by Crippen LogP contribution is 2.25. The molecule has 0 aliphatic heterocycles. The van der Waals surface area contributed by atoms with E-state index in [0.717, 1.165) is 6.42 Å². The molecule has 0 saturated heterocycles. The fraction of sp³-hybridized carbons (Fsp3) is 0.692. The third-order valence-corrected chi connectivity index (χ3v) is 3.36. The highest BCUT2D eigenvalue weighted by molar-refractivity contribution is 7.10. The van der Waals surface area contributed by atoms with Crippen LogP contribution in [0.1, 0.15) is 45.0 Å². The van der Waals surface area contributed by atoms with Gasteiger partial charge in [-0.1, -0.05) is 19.9 Å². The normalized spacial score (nSPS) is 14.4. The molecule has 16 heavy (non-hydrogen) atoms. The zero-order valence-electron chi connectivity index (χ0n) is 10.7. The molecule has 0 radical (unpaired) electrons. The van der Waals surface area contributed by atoms with E-state index in [1.165, 1.54) is 4.88 Å². The smallest absolute Gasteiger partial charge is 0.0715 e. The Hall–Kier alpha value is -0.380. The van der Waals surface area contributed by atoms with Gasteiger partial charge in [-0.3, -0.25) is 0 Å². The first-order valence-electron chi connectivity index (χ1n) is 5.87. The van der Waals surface area contributed by atoms with Crippen molar-refractivity contribution in [3.05, 3.63) is 22.4 Å². The molecule has 1 atom stereocenters. The fourth-order valence-corrected chi connectivity index (χ4v) is 2.45. The zero-order valence-corrected chi connectivity index (χ0v) is 11.5. The van der Waals surface area contributed by atoms with Gasteiger partial charge < -0.3 is 10.4 Å². The van der Waals surface area contributed by atoms with Crippen LogP contribution in [0, 0.1) is 5.92 Å². The van der Waals surface area contributed by atoms with Crippen LogP contribution in [0.2, 0.25) is 0 Å². The second-order valence-corrected chi connectivity index (χ2v) is 6.37. The van der Waals surface area contributed by atoms with Gasteiger partial charge in [0.1, 0.15) is 0 Å². The van der Waals surface area contributed by atoms with E-state index in [0.29, 0.717) is 18.5 Å². The molecule has 0 bridgehead atoms. The van der Waals surface area contributed by atoms with Gasteiger partial charge in [-0.2, -0.15) is 0 Å². The molecule has 0 aliphatic rings. The topological polar surface area (TPSA) is 32.3 Å². The molecule has 1 aromatic heterocycles. The quantitative estimate of drug-likeness (QED) is 0.801. The van der Waals surface area contributed by atoms with Crippen LogP contribution in [-0.2, 0) is 0 Å². The van der Waals surface area contributed by atoms with Crippen molar-refractivity contribution in [1.82, 2.24) is 5.32 Å². The highest BCUT2D eigenvalue weighted by atomic mass is 32.1. The van der Waals surface area contributed by atoms with E-state index in [4.69, 9.17) is 0 Å². The Balaban J connectivity index is 2.58. The van der Waals surface area contributed by atoms with Gasteiger partial charge in [-0.25, -0.2) is 0 Å². The van der Waals surface area contributed by atoms with E-state index in [-0.39, 0.29) is 0 Å². The van der Waals surface area contributed by atoms with Crippen molar-refractivity contribution in [3.8, 4) is 0 Å². The number of aliphatic hydroxyl groups is 1. The predicted octanol–water partition coefficient (Wildman–Crippen LogP) is 3.20. The minimum atomic E-state index is -0.646. The average Bonchev–Trinajstić information content (AvgIpc) is 2.62. The minimum absolute atomic E-state index is 0.367. The lowest BCUT2D eigenvalue weighted by Crippen LogP contribution is -2.37. The van der Waals surface area contributed by atoms with Crippen LogP contribution >= 0.6 is 11.3 Å². The van der Waals surface area contributed by atoms with Gasteiger partial charge in [-0.05, 0) is 37.6 Å². The first-order chi connectivity index (χ1) is 7.38. The third-order valence-electron chi connectivity index (χ3n) is 2.37. The molecule has 0 aliphatic carbocycles. The lowest BCUT2D eigenvalue weighted by Gasteiger charge is -2.24. The molecule has 3 heteroatoms. The van der Waals surface area contributed by atoms with Gasteiger partial charge in [-0.15, -0.1) is 11.3 Å². The van der Waals surface area contributed by atoms with Gasteiger partial charge in [0.25, 0.3) is 0 Å². The molecule has 0 amide bonds. The lowest BCUT2D eigenvalue weighted by atomic mass is 10.0. The molecule has 1 aromatic rings. The maximum Gasteiger partial charge on any atom is 0.0715 e. The molecule has 2 N–H and O–H groups in total. The number of hydrogen-bond donors (Lipinski definition) is 2. The number of hydrogen-bond acceptors (Lipinski definition) is 3. The SMILES string of the molecule is CC(C)CC(NCC(C)(C)O)c1cccs1. The summed E-state index contributed by atoms with van der Waals surface area (Å²) in [5.74, 6) is 0.654. The van der Waals surface area contributed by atoms with Gasteiger partial charge in [0.15, 0.2) is 0 Å². The predicted molar refractivity (Wildman–Crippen MR) is 70.8 cm³/mol. The number of rotatable bonds is 6. The fourth-order valence-electron chi connectivity index (χ4n) is 1.63. The molecular weight excluding hydrogens is 218 g/mol. The number of thiophene rings is 1. The Morgan fingerprint density at radius 3 is 2.56 bits per heavy atom. The second kappa shape index (κ2) is 5.80. The molecule has 0 saturated carbocycles. The Labute approximate surface area is 103 Å². The molecule has 1 heterocycles. The van der Waals surface area contributed by atoms with Crippen LogP contribution in [0.5, 0.6) is 0 Å². The maximum atomic E-state index is 9.74. The summed E-state index contributed by atoms with van der Waals surface area (Å²) in [5, 5.41) is 15.3. The summed E-state index contributed by atoms with van der Waals surface area (Å²) in [4.78, 5) is 1.36. The second-order valence-electron chi connectivity index (χ2n) is 5.39. The molecule has 1 rings (SSSR count). The summed E-state index contributed by atoms with van der Waals surface area (Å²) in [6, 6.07) is 4.61. The van der Waals surface area contributed by atoms with Crippen molar-refractivity contribution < 1.29 is 5.11 Å². The van der Waals surface area contributed by atoms with Crippen molar-refractivity contribution in [2.24, 2.45) is 5.92 Å². The van der Waals surface area contributed by atoms with Crippen molar-refractivity contribution >= 4 is 11.3 Å². The Morgan fingerprint density at radius 2 is 2.12 bits per heavy atom. The van der Waals surface area contributed by atoms with Gasteiger partial charge >= 0.3 is 0 Å². The van der Waals surface area contributed by atoms with Crippen LogP contribution in [0.15, 0.2) is 17.5 Å². The number of nitrogens with one attached hydrogen (secondary N) is 1. The summed E-state index contributed by atoms with van der Waals surface area (Å²) in [6.45, 7) is 8.75. The molecular formula is C13H23NOS. The first kappa shape index (κ1) is 13.7. The van der Waals surface area contributed by atoms with E-state index in [9.17, 15) is 5.11 Å². The molecule has 0 spiro atoms. The standard InChI is InChI=1S/C13H23NOS/c1-10(2)8-11(12-6-5-7-16-12)14-9-13(3,4)15/h5-7,10-11,14-15H,8-9H2,1-4H3. The zero-order chi connectivity index (χ0) is 12.2. The van der Waals surface area contributed by atoms with E-state index >= 15 is 0 Å². The van der Waals surface area contributed by atoms with Crippen molar-refractivity contribution in [2.45, 2.75) is 45.8 Å². The van der Waals surface area contributed by atoms with Gasteiger partial charge in [0.05, 0.1) is 5.60 Å². The summed E-state index contributed by atoms with van der Waals surface area (Å²) in [6.07, 6.45) is 1.11. The summed E-state index contributed by atoms with van der Waals surface area (Å²) < 4.78 is 0. The minimum Gasteiger partial charge on any atom is -0.389 e. The largest absolute Gasteiger partial charge is 0.389 e. The highest BCUT2D eigenvalue weighted by Gasteiger charge is 2.18. The Morgan fingerprint density at radius 1 is 1.44 bits per heavy atom. The van der Waals surface area contributed by atoms with Crippen LogP contribution < -0.4 is 5.32 Å². The molecule has 1 unspecified atom stereocenters. The summed E-state index contributed by atoms with van der Waals surface area (Å²) in [5.41, 5.74) is -0.646. The van der Waals surface area contributed by atoms with Crippen molar-refractivity contribution in [3.63, 3.8) is 0 Å². The van der Waals surface area contributed by atoms with E-state index in [1.807, 2.05) is 13.8 Å². The summed E-state index contributed by atoms with van der Waals surface area (Å²) in [7, 11) is 0. The molecule has 0 fully saturated rings. The maximum absolute atomic E-state index is 9.74. The van der Waals surface area contributed by atoms with Crippen LogP contribution in [0.4, 0.5) is 0 Å². The van der Waals surface area contributed by atoms with Crippen molar-refractivity contribution in [1.29, 1.82) is 0 Å². The van der Waals surface area contributed by atoms with E-state index in [1.54, 1.807) is 11.3 Å².